The van der Waals surface area contributed by atoms with E-state index in [0.717, 1.165) is 193 Å². The summed E-state index contributed by atoms with van der Waals surface area (Å²) in [6.07, 6.45) is 76.5. The lowest BCUT2D eigenvalue weighted by molar-refractivity contribution is 0.304. The molecule has 0 saturated heterocycles. The van der Waals surface area contributed by atoms with Gasteiger partial charge in [-0.2, -0.15) is 23.5 Å². The van der Waals surface area contributed by atoms with Gasteiger partial charge in [-0.05, 0) is 258 Å². The summed E-state index contributed by atoms with van der Waals surface area (Å²) in [5.41, 5.74) is 26.7. The second kappa shape index (κ2) is 59.5. The Bertz CT molecular complexity index is 5210. The number of thioether (sulfide) groups is 2. The maximum atomic E-state index is 6.27. The van der Waals surface area contributed by atoms with Crippen LogP contribution in [0.3, 0.4) is 0 Å². The molecule has 3 aromatic heterocycles. The summed E-state index contributed by atoms with van der Waals surface area (Å²) in [6, 6.07) is 85.5. The van der Waals surface area contributed by atoms with Crippen molar-refractivity contribution in [1.82, 2.24) is 15.0 Å². The van der Waals surface area contributed by atoms with Crippen molar-refractivity contribution in [2.24, 2.45) is 0 Å². The molecule has 0 fully saturated rings. The topological polar surface area (TPSA) is 75.6 Å². The Hall–Kier alpha value is -11.5. The minimum Gasteiger partial charge on any atom is -0.494 e. The quantitative estimate of drug-likeness (QED) is 0.0274. The smallest absolute Gasteiger partial charge is 0.119 e. The number of benzene rings is 9. The Kier molecular flexibility index (Phi) is 44.6. The third-order valence-electron chi connectivity index (χ3n) is 25.3. The Morgan fingerprint density at radius 3 is 0.757 bits per heavy atom. The Labute approximate surface area is 825 Å². The van der Waals surface area contributed by atoms with E-state index in [1.54, 1.807) is 0 Å². The zero-order valence-electron chi connectivity index (χ0n) is 81.8. The van der Waals surface area contributed by atoms with Gasteiger partial charge in [0.25, 0.3) is 0 Å². The highest BCUT2D eigenvalue weighted by Gasteiger charge is 2.16. The molecule has 0 radical (unpaired) electrons. The van der Waals surface area contributed by atoms with E-state index < -0.39 is 0 Å². The summed E-state index contributed by atoms with van der Waals surface area (Å²) in [5, 5.41) is 0. The van der Waals surface area contributed by atoms with E-state index in [4.69, 9.17) is 23.9 Å². The SMILES string of the molecule is CCCCCCCCCCOc1ccc(/C=C\c2cc(/C=C/c3ccc(OCCCCCCCCCC)cc3)cc(/C=C/c3cc4c(/C=C/c5cc(/C=C/c6ccc(OCCCCCCCCCC)cc6)cc(/C=C/c6ccc(OCCCCCCCCCC)cc6)c5)cc3CSCc3cc(/C=C/c5ccc(-c6cc(-c7ccccn7)nc(-c7ccccn7)c6)cc5)cc(c3)CSC4)c2)cc1. The zero-order chi connectivity index (χ0) is 93.7. The van der Waals surface area contributed by atoms with Crippen molar-refractivity contribution in [1.29, 1.82) is 0 Å². The first-order valence-corrected chi connectivity index (χ1v) is 53.9. The highest BCUT2D eigenvalue weighted by molar-refractivity contribution is 7.98. The van der Waals surface area contributed by atoms with Crippen LogP contribution in [0.4, 0.5) is 0 Å². The summed E-state index contributed by atoms with van der Waals surface area (Å²) in [7, 11) is 0. The van der Waals surface area contributed by atoms with E-state index in [2.05, 4.69) is 323 Å². The van der Waals surface area contributed by atoms with Crippen LogP contribution >= 0.6 is 23.5 Å². The Morgan fingerprint density at radius 1 is 0.221 bits per heavy atom. The van der Waals surface area contributed by atoms with Gasteiger partial charge in [0, 0.05) is 35.4 Å². The minimum atomic E-state index is 0.751. The number of hydrogen-bond donors (Lipinski definition) is 0. The summed E-state index contributed by atoms with van der Waals surface area (Å²) in [4.78, 5) is 14.4. The standard InChI is InChI=1S/C127H147N3O4S2/c1-5-9-13-17-21-25-29-37-79-131-120-69-57-101(58-70-120)44-48-105-83-106(49-45-102-59-71-121(72-60-102)132-80-38-30-26-22-18-14-10-6-2)86-110(85-105)55-67-115-92-119-99-136-97-113-90-109(52-43-100-53-65-114(66-54-100)117-94-126(124-41-33-35-77-128-124)130-127(95-117)125-42-34-36-78-129-125)89-112(91-113)96-135-98-118(115)93-116(119)68-56-111-87-107(50-46-103-61-73-122(74-62-103)133-81-39-31-27-23-19-15-11-7-3)84-108(88-111)51-47-104-63-75-123(76-64-104)134-82-40-32-28-24-20-16-12-8-4/h33-36,41-78,83-95H,5-32,37-40,79-82,96-99H2,1-4H3/b48-44-,49-45+,50-46+,51-47+,52-43+,67-55+,68-56+. The van der Waals surface area contributed by atoms with Crippen LogP contribution in [-0.4, -0.2) is 41.4 Å². The molecular formula is C127H147N3O4S2. The number of fused-ring (bicyclic) bond motifs is 6. The van der Waals surface area contributed by atoms with Crippen LogP contribution in [0.25, 0.3) is 119 Å². The largest absolute Gasteiger partial charge is 0.494 e. The van der Waals surface area contributed by atoms with Crippen LogP contribution in [0, 0.1) is 0 Å². The van der Waals surface area contributed by atoms with E-state index in [-0.39, 0.29) is 0 Å². The molecule has 0 atom stereocenters. The van der Waals surface area contributed by atoms with Crippen molar-refractivity contribution in [2.45, 2.75) is 256 Å². The fourth-order valence-corrected chi connectivity index (χ4v) is 19.3. The van der Waals surface area contributed by atoms with Gasteiger partial charge < -0.3 is 18.9 Å². The molecule has 0 N–H and O–H groups in total. The van der Waals surface area contributed by atoms with E-state index in [1.165, 1.54) is 219 Å². The molecule has 9 heteroatoms. The fraction of sp³-hybridized carbons (Fsp3) is 0.346. The summed E-state index contributed by atoms with van der Waals surface area (Å²) in [6.45, 7) is 12.1. The summed E-state index contributed by atoms with van der Waals surface area (Å²) >= 11 is 3.97. The molecule has 7 nitrogen and oxygen atoms in total. The van der Waals surface area contributed by atoms with Crippen molar-refractivity contribution in [3.63, 3.8) is 0 Å². The van der Waals surface area contributed by atoms with E-state index in [0.29, 0.717) is 0 Å². The lowest BCUT2D eigenvalue weighted by atomic mass is 9.97. The van der Waals surface area contributed by atoms with Crippen molar-refractivity contribution in [3.05, 3.63) is 349 Å². The monoisotopic (exact) mass is 1840 g/mol. The van der Waals surface area contributed by atoms with Crippen molar-refractivity contribution in [3.8, 4) is 56.9 Å². The molecule has 4 bridgehead atoms. The molecule has 2 aliphatic rings. The second-order valence-corrected chi connectivity index (χ2v) is 38.7. The first kappa shape index (κ1) is 102. The minimum absolute atomic E-state index is 0.751. The van der Waals surface area contributed by atoms with Crippen LogP contribution < -0.4 is 18.9 Å². The normalized spacial score (nSPS) is 12.5. The third kappa shape index (κ3) is 36.9. The maximum Gasteiger partial charge on any atom is 0.119 e. The zero-order valence-corrected chi connectivity index (χ0v) is 83.5. The maximum absolute atomic E-state index is 6.27. The summed E-state index contributed by atoms with van der Waals surface area (Å²) in [5.74, 6) is 7.04. The molecule has 0 aliphatic carbocycles. The van der Waals surface area contributed by atoms with E-state index in [9.17, 15) is 0 Å². The van der Waals surface area contributed by atoms with Crippen molar-refractivity contribution < 1.29 is 18.9 Å². The third-order valence-corrected chi connectivity index (χ3v) is 27.4. The van der Waals surface area contributed by atoms with Gasteiger partial charge in [0.2, 0.25) is 0 Å². The van der Waals surface area contributed by atoms with Crippen molar-refractivity contribution >= 4 is 109 Å². The molecule has 5 heterocycles. The van der Waals surface area contributed by atoms with Gasteiger partial charge >= 0.3 is 0 Å². The molecular weight excluding hydrogens is 1700 g/mol. The molecule has 14 rings (SSSR count). The molecule has 0 spiro atoms. The highest BCUT2D eigenvalue weighted by Crippen LogP contribution is 2.36. The van der Waals surface area contributed by atoms with Crippen LogP contribution in [0.15, 0.2) is 249 Å². The Morgan fingerprint density at radius 2 is 0.478 bits per heavy atom. The first-order chi connectivity index (χ1) is 67.2. The van der Waals surface area contributed by atoms with Gasteiger partial charge in [-0.15, -0.1) is 0 Å². The fourth-order valence-electron chi connectivity index (χ4n) is 17.4. The number of ether oxygens (including phenoxy) is 4. The van der Waals surface area contributed by atoms with Crippen LogP contribution in [0.5, 0.6) is 23.0 Å². The van der Waals surface area contributed by atoms with Crippen LogP contribution in [0.1, 0.15) is 333 Å². The average molecular weight is 1840 g/mol. The van der Waals surface area contributed by atoms with Gasteiger partial charge in [-0.3, -0.25) is 9.97 Å². The number of unbranched alkanes of at least 4 members (excludes halogenated alkanes) is 28. The number of pyridine rings is 3. The molecule has 0 unspecified atom stereocenters. The van der Waals surface area contributed by atoms with Gasteiger partial charge in [-0.1, -0.05) is 408 Å². The number of aromatic nitrogens is 3. The number of nitrogens with zero attached hydrogens (tertiary/aromatic N) is 3. The molecule has 0 saturated carbocycles. The summed E-state index contributed by atoms with van der Waals surface area (Å²) < 4.78 is 25.1. The number of rotatable bonds is 57. The van der Waals surface area contributed by atoms with Gasteiger partial charge in [0.15, 0.2) is 0 Å². The Balaban J connectivity index is 0.790. The molecule has 706 valence electrons. The van der Waals surface area contributed by atoms with Gasteiger partial charge in [0.1, 0.15) is 23.0 Å². The van der Waals surface area contributed by atoms with Gasteiger partial charge in [-0.25, -0.2) is 4.98 Å². The average Bonchev–Trinajstić information content (AvgIpc) is 0.851. The lowest BCUT2D eigenvalue weighted by Crippen LogP contribution is -1.97. The molecule has 12 aromatic rings. The highest BCUT2D eigenvalue weighted by atomic mass is 32.2. The molecule has 9 aromatic carbocycles. The lowest BCUT2D eigenvalue weighted by Gasteiger charge is -2.14. The van der Waals surface area contributed by atoms with E-state index in [1.807, 2.05) is 72.3 Å². The van der Waals surface area contributed by atoms with Crippen LogP contribution in [-0.2, 0) is 23.0 Å². The van der Waals surface area contributed by atoms with Gasteiger partial charge in [0.05, 0.1) is 49.2 Å². The van der Waals surface area contributed by atoms with Crippen molar-refractivity contribution in [2.75, 3.05) is 26.4 Å². The van der Waals surface area contributed by atoms with Crippen LogP contribution in [0.2, 0.25) is 0 Å². The number of hydrogen-bond acceptors (Lipinski definition) is 9. The predicted octanol–water partition coefficient (Wildman–Crippen LogP) is 37.3. The molecule has 0 amide bonds. The second-order valence-electron chi connectivity index (χ2n) is 36.8. The molecule has 136 heavy (non-hydrogen) atoms. The first-order valence-electron chi connectivity index (χ1n) is 51.6. The predicted molar refractivity (Wildman–Crippen MR) is 593 cm³/mol. The van der Waals surface area contributed by atoms with E-state index >= 15 is 0 Å². The molecule has 2 aliphatic heterocycles.